The highest BCUT2D eigenvalue weighted by atomic mass is 32.2. The van der Waals surface area contributed by atoms with Crippen LogP contribution in [0.3, 0.4) is 0 Å². The molecule has 0 heterocycles. The molecule has 0 aromatic rings. The van der Waals surface area contributed by atoms with Crippen LogP contribution in [0.2, 0.25) is 0 Å². The van der Waals surface area contributed by atoms with Crippen molar-refractivity contribution in [1.82, 2.24) is 0 Å². The molecule has 0 saturated heterocycles. The van der Waals surface area contributed by atoms with Gasteiger partial charge in [0.2, 0.25) is 0 Å². The van der Waals surface area contributed by atoms with Gasteiger partial charge >= 0.3 is 7.60 Å². The van der Waals surface area contributed by atoms with Crippen LogP contribution in [0, 0.1) is 0 Å². The number of hydrogen-bond donors (Lipinski definition) is 1. The Bertz CT molecular complexity index is 468. The third-order valence-electron chi connectivity index (χ3n) is 2.89. The summed E-state index contributed by atoms with van der Waals surface area (Å²) in [6.45, 7) is 7.01. The zero-order valence-corrected chi connectivity index (χ0v) is 14.7. The van der Waals surface area contributed by atoms with Gasteiger partial charge in [-0.1, -0.05) is 0 Å². The number of hydrogen-bond acceptors (Lipinski definition) is 6. The molecule has 0 aliphatic heterocycles. The fourth-order valence-corrected chi connectivity index (χ4v) is 4.38. The average molecular weight is 344 g/mol. The number of ether oxygens (including phenoxy) is 1. The van der Waals surface area contributed by atoms with E-state index in [9.17, 15) is 13.0 Å². The van der Waals surface area contributed by atoms with Crippen LogP contribution >= 0.6 is 7.60 Å². The summed E-state index contributed by atoms with van der Waals surface area (Å²) in [6, 6.07) is 0. The van der Waals surface area contributed by atoms with Crippen molar-refractivity contribution in [2.75, 3.05) is 12.1 Å². The molecule has 1 rings (SSSR count). The Hall–Kier alpha value is 0.0200. The van der Waals surface area contributed by atoms with Crippen LogP contribution in [0.1, 0.15) is 47.0 Å². The minimum Gasteiger partial charge on any atom is -0.362 e. The van der Waals surface area contributed by atoms with Crippen molar-refractivity contribution in [3.05, 3.63) is 0 Å². The van der Waals surface area contributed by atoms with Crippen LogP contribution in [-0.2, 0) is 28.5 Å². The predicted molar refractivity (Wildman–Crippen MR) is 79.0 cm³/mol. The fourth-order valence-electron chi connectivity index (χ4n) is 1.87. The molecule has 0 aromatic heterocycles. The molecule has 9 heteroatoms. The van der Waals surface area contributed by atoms with Crippen LogP contribution in [0.5, 0.6) is 0 Å². The summed E-state index contributed by atoms with van der Waals surface area (Å²) in [5.74, 6) is -0.368. The average Bonchev–Trinajstić information content (AvgIpc) is 3.01. The molecule has 126 valence electrons. The van der Waals surface area contributed by atoms with Crippen LogP contribution in [0.25, 0.3) is 0 Å². The highest BCUT2D eigenvalue weighted by molar-refractivity contribution is 7.85. The van der Waals surface area contributed by atoms with Crippen molar-refractivity contribution in [3.8, 4) is 0 Å². The molecule has 0 aromatic carbocycles. The minimum absolute atomic E-state index is 0.176. The van der Waals surface area contributed by atoms with E-state index in [-0.39, 0.29) is 30.7 Å². The summed E-state index contributed by atoms with van der Waals surface area (Å²) < 4.78 is 59.3. The van der Waals surface area contributed by atoms with Crippen molar-refractivity contribution in [1.29, 1.82) is 0 Å². The van der Waals surface area contributed by atoms with Crippen molar-refractivity contribution < 1.29 is 31.3 Å². The molecule has 1 N–H and O–H groups in total. The summed E-state index contributed by atoms with van der Waals surface area (Å²) >= 11 is 0. The standard InChI is InChI=1S/C12H25O7PS/c1-10(2)18-20(13,19-11(3)4)9-17-12(5-6-12)7-8-21(14,15)16/h10-11H,5-9H2,1-4H3,(H,14,15,16). The van der Waals surface area contributed by atoms with Crippen molar-refractivity contribution in [2.45, 2.75) is 64.8 Å². The molecule has 1 aliphatic carbocycles. The molecular weight excluding hydrogens is 319 g/mol. The van der Waals surface area contributed by atoms with E-state index in [1.54, 1.807) is 27.7 Å². The fraction of sp³-hybridized carbons (Fsp3) is 1.00. The summed E-state index contributed by atoms with van der Waals surface area (Å²) in [4.78, 5) is 0. The first-order chi connectivity index (χ1) is 9.45. The molecule has 1 saturated carbocycles. The van der Waals surface area contributed by atoms with Gasteiger partial charge in [0.15, 0.2) is 0 Å². The van der Waals surface area contributed by atoms with E-state index in [0.717, 1.165) is 0 Å². The van der Waals surface area contributed by atoms with Gasteiger partial charge in [-0.25, -0.2) is 0 Å². The van der Waals surface area contributed by atoms with Crippen molar-refractivity contribution >= 4 is 17.7 Å². The Kier molecular flexibility index (Phi) is 6.41. The van der Waals surface area contributed by atoms with E-state index in [2.05, 4.69) is 0 Å². The minimum atomic E-state index is -4.02. The molecule has 1 aliphatic rings. The Morgan fingerprint density at radius 2 is 1.62 bits per heavy atom. The van der Waals surface area contributed by atoms with E-state index < -0.39 is 23.3 Å². The van der Waals surface area contributed by atoms with Gasteiger partial charge in [-0.2, -0.15) is 8.42 Å². The molecule has 0 radical (unpaired) electrons. The maximum absolute atomic E-state index is 12.6. The maximum Gasteiger partial charge on any atom is 0.356 e. The first-order valence-corrected chi connectivity index (χ1v) is 10.3. The van der Waals surface area contributed by atoms with Gasteiger partial charge in [0.1, 0.15) is 6.35 Å². The Balaban J connectivity index is 2.58. The second kappa shape index (κ2) is 7.06. The Labute approximate surface area is 126 Å². The summed E-state index contributed by atoms with van der Waals surface area (Å²) in [5.41, 5.74) is -0.633. The van der Waals surface area contributed by atoms with Gasteiger partial charge in [0.05, 0.1) is 23.6 Å². The van der Waals surface area contributed by atoms with Crippen molar-refractivity contribution in [3.63, 3.8) is 0 Å². The first kappa shape index (κ1) is 19.1. The monoisotopic (exact) mass is 344 g/mol. The van der Waals surface area contributed by atoms with Gasteiger partial charge in [-0.15, -0.1) is 0 Å². The summed E-state index contributed by atoms with van der Waals surface area (Å²) in [6.07, 6.45) is 0.763. The maximum atomic E-state index is 12.6. The summed E-state index contributed by atoms with van der Waals surface area (Å²) in [7, 11) is -7.41. The van der Waals surface area contributed by atoms with Gasteiger partial charge in [0, 0.05) is 0 Å². The van der Waals surface area contributed by atoms with Gasteiger partial charge < -0.3 is 13.8 Å². The first-order valence-electron chi connectivity index (χ1n) is 7.00. The lowest BCUT2D eigenvalue weighted by Crippen LogP contribution is -2.22. The van der Waals surface area contributed by atoms with E-state index >= 15 is 0 Å². The lowest BCUT2D eigenvalue weighted by atomic mass is 10.2. The lowest BCUT2D eigenvalue weighted by molar-refractivity contribution is 0.0356. The zero-order chi connectivity index (χ0) is 16.3. The molecule has 0 unspecified atom stereocenters. The van der Waals surface area contributed by atoms with Crippen LogP contribution in [-0.4, -0.2) is 42.9 Å². The molecule has 0 spiro atoms. The van der Waals surface area contributed by atoms with E-state index in [1.165, 1.54) is 0 Å². The molecule has 0 bridgehead atoms. The third-order valence-corrected chi connectivity index (χ3v) is 5.55. The van der Waals surface area contributed by atoms with Gasteiger partial charge in [0.25, 0.3) is 10.1 Å². The second-order valence-corrected chi connectivity index (χ2v) is 9.39. The second-order valence-electron chi connectivity index (χ2n) is 5.91. The SMILES string of the molecule is CC(C)OP(=O)(COC1(CCS(=O)(=O)O)CC1)OC(C)C. The van der Waals surface area contributed by atoms with E-state index in [0.29, 0.717) is 12.8 Å². The quantitative estimate of drug-likeness (QED) is 0.480. The molecule has 0 atom stereocenters. The third kappa shape index (κ3) is 7.72. The van der Waals surface area contributed by atoms with E-state index in [4.69, 9.17) is 18.3 Å². The van der Waals surface area contributed by atoms with Crippen LogP contribution in [0.15, 0.2) is 0 Å². The highest BCUT2D eigenvalue weighted by Crippen LogP contribution is 2.54. The molecular formula is C12H25O7PS. The highest BCUT2D eigenvalue weighted by Gasteiger charge is 2.46. The van der Waals surface area contributed by atoms with Crippen LogP contribution < -0.4 is 0 Å². The predicted octanol–water partition coefficient (Wildman–Crippen LogP) is 2.81. The Morgan fingerprint density at radius 1 is 1.14 bits per heavy atom. The topological polar surface area (TPSA) is 99.1 Å². The van der Waals surface area contributed by atoms with Gasteiger partial charge in [-0.3, -0.25) is 9.12 Å². The largest absolute Gasteiger partial charge is 0.362 e. The van der Waals surface area contributed by atoms with Crippen LogP contribution in [0.4, 0.5) is 0 Å². The lowest BCUT2D eigenvalue weighted by Gasteiger charge is -2.25. The molecule has 7 nitrogen and oxygen atoms in total. The zero-order valence-electron chi connectivity index (χ0n) is 12.9. The number of rotatable bonds is 10. The van der Waals surface area contributed by atoms with E-state index in [1.807, 2.05) is 0 Å². The Morgan fingerprint density at radius 3 is 1.95 bits per heavy atom. The smallest absolute Gasteiger partial charge is 0.356 e. The molecule has 1 fully saturated rings. The summed E-state index contributed by atoms with van der Waals surface area (Å²) in [5, 5.41) is 0. The van der Waals surface area contributed by atoms with Gasteiger partial charge in [-0.05, 0) is 47.0 Å². The molecule has 0 amide bonds. The van der Waals surface area contributed by atoms with Crippen molar-refractivity contribution in [2.24, 2.45) is 0 Å². The normalized spacial score (nSPS) is 18.4. The molecule has 21 heavy (non-hydrogen) atoms.